The lowest BCUT2D eigenvalue weighted by Crippen LogP contribution is -2.33. The fourth-order valence-corrected chi connectivity index (χ4v) is 1.61. The zero-order valence-corrected chi connectivity index (χ0v) is 12.2. The first-order valence-corrected chi connectivity index (χ1v) is 6.46. The van der Waals surface area contributed by atoms with Gasteiger partial charge in [0, 0.05) is 17.1 Å². The van der Waals surface area contributed by atoms with E-state index < -0.39 is 0 Å². The molecule has 5 nitrogen and oxygen atoms in total. The number of hydrogen-bond donors (Lipinski definition) is 2. The molecule has 0 aromatic carbocycles. The van der Waals surface area contributed by atoms with Crippen molar-refractivity contribution < 1.29 is 9.59 Å². The Labute approximate surface area is 117 Å². The summed E-state index contributed by atoms with van der Waals surface area (Å²) in [7, 11) is 0. The molecule has 0 bridgehead atoms. The van der Waals surface area contributed by atoms with E-state index in [1.165, 1.54) is 12.1 Å². The molecule has 1 heterocycles. The second-order valence-electron chi connectivity index (χ2n) is 4.81. The van der Waals surface area contributed by atoms with Crippen LogP contribution in [0.2, 0.25) is 5.02 Å². The van der Waals surface area contributed by atoms with Crippen molar-refractivity contribution in [2.75, 3.05) is 0 Å². The van der Waals surface area contributed by atoms with Crippen LogP contribution in [0.25, 0.3) is 0 Å². The van der Waals surface area contributed by atoms with Gasteiger partial charge in [-0.3, -0.25) is 9.59 Å². The first-order valence-electron chi connectivity index (χ1n) is 6.09. The summed E-state index contributed by atoms with van der Waals surface area (Å²) in [5.41, 5.74) is 0.269. The van der Waals surface area contributed by atoms with Gasteiger partial charge in [-0.15, -0.1) is 0 Å². The Morgan fingerprint density at radius 3 is 1.68 bits per heavy atom. The highest BCUT2D eigenvalue weighted by Crippen LogP contribution is 2.12. The summed E-state index contributed by atoms with van der Waals surface area (Å²) in [5.74, 6) is -0.702. The molecule has 2 amide bonds. The summed E-state index contributed by atoms with van der Waals surface area (Å²) >= 11 is 5.91. The number of hydrogen-bond acceptors (Lipinski definition) is 3. The average Bonchev–Trinajstić information content (AvgIpc) is 2.26. The maximum atomic E-state index is 11.8. The van der Waals surface area contributed by atoms with Crippen molar-refractivity contribution >= 4 is 23.4 Å². The normalized spacial score (nSPS) is 10.7. The molecule has 104 valence electrons. The zero-order chi connectivity index (χ0) is 14.6. The number of rotatable bonds is 4. The van der Waals surface area contributed by atoms with Crippen molar-refractivity contribution in [3.8, 4) is 0 Å². The van der Waals surface area contributed by atoms with Crippen LogP contribution in [-0.4, -0.2) is 28.9 Å². The van der Waals surface area contributed by atoms with Crippen molar-refractivity contribution in [1.82, 2.24) is 15.6 Å². The van der Waals surface area contributed by atoms with Crippen LogP contribution in [-0.2, 0) is 0 Å². The minimum absolute atomic E-state index is 0.0128. The number of amides is 2. The van der Waals surface area contributed by atoms with Crippen molar-refractivity contribution in [2.45, 2.75) is 39.8 Å². The predicted octanol–water partition coefficient (Wildman–Crippen LogP) is 2.01. The van der Waals surface area contributed by atoms with Gasteiger partial charge in [0.05, 0.1) is 0 Å². The van der Waals surface area contributed by atoms with Crippen LogP contribution in [0.3, 0.4) is 0 Å². The number of pyridine rings is 1. The minimum Gasteiger partial charge on any atom is -0.349 e. The third-order valence-electron chi connectivity index (χ3n) is 2.09. The van der Waals surface area contributed by atoms with Crippen LogP contribution in [0, 0.1) is 0 Å². The van der Waals surface area contributed by atoms with Crippen LogP contribution in [0.1, 0.15) is 48.7 Å². The van der Waals surface area contributed by atoms with Gasteiger partial charge in [0.25, 0.3) is 11.8 Å². The third kappa shape index (κ3) is 4.87. The monoisotopic (exact) mass is 283 g/mol. The summed E-state index contributed by atoms with van der Waals surface area (Å²) in [5, 5.41) is 5.71. The summed E-state index contributed by atoms with van der Waals surface area (Å²) < 4.78 is 0. The number of carbonyl (C=O) groups excluding carboxylic acids is 2. The molecule has 1 aromatic rings. The van der Waals surface area contributed by atoms with E-state index in [0.717, 1.165) is 0 Å². The van der Waals surface area contributed by atoms with Crippen molar-refractivity contribution in [2.24, 2.45) is 0 Å². The zero-order valence-electron chi connectivity index (χ0n) is 11.5. The number of carbonyl (C=O) groups is 2. The summed E-state index contributed by atoms with van der Waals surface area (Å²) in [6.07, 6.45) is 0. The Hall–Kier alpha value is -1.62. The molecular formula is C13H18ClN3O2. The number of nitrogens with zero attached hydrogens (tertiary/aromatic N) is 1. The molecule has 0 aliphatic rings. The van der Waals surface area contributed by atoms with Crippen LogP contribution < -0.4 is 10.6 Å². The lowest BCUT2D eigenvalue weighted by Gasteiger charge is -2.11. The third-order valence-corrected chi connectivity index (χ3v) is 2.31. The maximum absolute atomic E-state index is 11.8. The van der Waals surface area contributed by atoms with Crippen LogP contribution in [0.15, 0.2) is 12.1 Å². The average molecular weight is 284 g/mol. The van der Waals surface area contributed by atoms with E-state index in [1.807, 2.05) is 27.7 Å². The number of aromatic nitrogens is 1. The highest BCUT2D eigenvalue weighted by Gasteiger charge is 2.15. The molecule has 2 N–H and O–H groups in total. The molecule has 6 heteroatoms. The lowest BCUT2D eigenvalue weighted by atomic mass is 10.2. The highest BCUT2D eigenvalue weighted by atomic mass is 35.5. The number of nitrogens with one attached hydrogen (secondary N) is 2. The Morgan fingerprint density at radius 1 is 1.00 bits per heavy atom. The maximum Gasteiger partial charge on any atom is 0.270 e. The van der Waals surface area contributed by atoms with Crippen molar-refractivity contribution in [3.05, 3.63) is 28.5 Å². The molecule has 1 aromatic heterocycles. The number of halogens is 1. The van der Waals surface area contributed by atoms with Crippen molar-refractivity contribution in [1.29, 1.82) is 0 Å². The predicted molar refractivity (Wildman–Crippen MR) is 74.5 cm³/mol. The summed E-state index contributed by atoms with van der Waals surface area (Å²) in [4.78, 5) is 27.7. The second kappa shape index (κ2) is 6.52. The molecule has 0 unspecified atom stereocenters. The van der Waals surface area contributed by atoms with E-state index in [9.17, 15) is 9.59 Å². The van der Waals surface area contributed by atoms with E-state index in [4.69, 9.17) is 11.6 Å². The molecule has 0 atom stereocenters. The van der Waals surface area contributed by atoms with Gasteiger partial charge in [0.15, 0.2) is 0 Å². The van der Waals surface area contributed by atoms with Crippen molar-refractivity contribution in [3.63, 3.8) is 0 Å². The van der Waals surface area contributed by atoms with Gasteiger partial charge in [0.2, 0.25) is 0 Å². The van der Waals surface area contributed by atoms with Crippen LogP contribution in [0.5, 0.6) is 0 Å². The van der Waals surface area contributed by atoms with E-state index in [0.29, 0.717) is 5.02 Å². The quantitative estimate of drug-likeness (QED) is 0.888. The van der Waals surface area contributed by atoms with E-state index >= 15 is 0 Å². The minimum atomic E-state index is -0.351. The van der Waals surface area contributed by atoms with Crippen LogP contribution in [0.4, 0.5) is 0 Å². The lowest BCUT2D eigenvalue weighted by molar-refractivity contribution is 0.0934. The van der Waals surface area contributed by atoms with E-state index in [-0.39, 0.29) is 35.3 Å². The molecule has 0 spiro atoms. The molecule has 0 radical (unpaired) electrons. The first-order chi connectivity index (χ1) is 8.79. The fourth-order valence-electron chi connectivity index (χ4n) is 1.40. The molecule has 0 saturated carbocycles. The summed E-state index contributed by atoms with van der Waals surface area (Å²) in [6, 6.07) is 2.85. The van der Waals surface area contributed by atoms with E-state index in [2.05, 4.69) is 15.6 Å². The molecular weight excluding hydrogens is 266 g/mol. The smallest absolute Gasteiger partial charge is 0.270 e. The Kier molecular flexibility index (Phi) is 5.30. The van der Waals surface area contributed by atoms with Gasteiger partial charge in [0.1, 0.15) is 11.4 Å². The van der Waals surface area contributed by atoms with Gasteiger partial charge in [-0.05, 0) is 39.8 Å². The SMILES string of the molecule is CC(C)NC(=O)c1cc(Cl)cc(C(=O)NC(C)C)n1. The fraction of sp³-hybridized carbons (Fsp3) is 0.462. The second-order valence-corrected chi connectivity index (χ2v) is 5.25. The topological polar surface area (TPSA) is 71.1 Å². The van der Waals surface area contributed by atoms with Gasteiger partial charge >= 0.3 is 0 Å². The molecule has 0 aliphatic carbocycles. The Bertz CT molecular complexity index is 447. The summed E-state index contributed by atoms with van der Waals surface area (Å²) in [6.45, 7) is 7.37. The van der Waals surface area contributed by atoms with E-state index in [1.54, 1.807) is 0 Å². The van der Waals surface area contributed by atoms with Crippen LogP contribution >= 0.6 is 11.6 Å². The molecule has 0 fully saturated rings. The Morgan fingerprint density at radius 2 is 1.37 bits per heavy atom. The van der Waals surface area contributed by atoms with Gasteiger partial charge < -0.3 is 10.6 Å². The molecule has 0 saturated heterocycles. The molecule has 19 heavy (non-hydrogen) atoms. The standard InChI is InChI=1S/C13H18ClN3O2/c1-7(2)15-12(18)10-5-9(14)6-11(17-10)13(19)16-8(3)4/h5-8H,1-4H3,(H,15,18)(H,16,19). The Balaban J connectivity index is 3.00. The van der Waals surface area contributed by atoms with Gasteiger partial charge in [-0.1, -0.05) is 11.6 Å². The van der Waals surface area contributed by atoms with Gasteiger partial charge in [-0.2, -0.15) is 0 Å². The van der Waals surface area contributed by atoms with Gasteiger partial charge in [-0.25, -0.2) is 4.98 Å². The molecule has 1 rings (SSSR count). The highest BCUT2D eigenvalue weighted by molar-refractivity contribution is 6.31. The largest absolute Gasteiger partial charge is 0.349 e. The molecule has 0 aliphatic heterocycles. The first kappa shape index (κ1) is 15.4.